The second-order valence-electron chi connectivity index (χ2n) is 3.79. The van der Waals surface area contributed by atoms with Crippen LogP contribution in [0, 0.1) is 3.57 Å². The van der Waals surface area contributed by atoms with Gasteiger partial charge in [-0.15, -0.1) is 0 Å². The van der Waals surface area contributed by atoms with E-state index < -0.39 is 0 Å². The van der Waals surface area contributed by atoms with E-state index in [1.807, 2.05) is 24.3 Å². The number of aromatic nitrogens is 6. The van der Waals surface area contributed by atoms with E-state index in [-0.39, 0.29) is 5.95 Å². The molecule has 100 valence electrons. The largest absolute Gasteiger partial charge is 0.368 e. The number of benzene rings is 1. The number of hydrogen-bond donors (Lipinski definition) is 2. The Kier molecular flexibility index (Phi) is 3.41. The molecule has 0 radical (unpaired) electrons. The van der Waals surface area contributed by atoms with E-state index in [9.17, 15) is 0 Å². The molecule has 0 aliphatic rings. The summed E-state index contributed by atoms with van der Waals surface area (Å²) in [6, 6.07) is 7.81. The third-order valence-corrected chi connectivity index (χ3v) is 3.08. The highest BCUT2D eigenvalue weighted by molar-refractivity contribution is 14.1. The van der Waals surface area contributed by atoms with Crippen LogP contribution in [0.4, 0.5) is 17.6 Å². The molecule has 0 amide bonds. The number of nitrogens with zero attached hydrogens (tertiary/aromatic N) is 6. The molecule has 3 aromatic rings. The molecule has 3 rings (SSSR count). The summed E-state index contributed by atoms with van der Waals surface area (Å²) in [4.78, 5) is 16.1. The number of hydrogen-bond acceptors (Lipinski definition) is 7. The molecule has 2 heterocycles. The van der Waals surface area contributed by atoms with Crippen LogP contribution in [0.1, 0.15) is 0 Å². The molecule has 0 spiro atoms. The standard InChI is InChI=1S/C11H9IN8/c12-7-1-3-8(4-2-7)16-10-17-9(13)18-11(19-10)20-6-14-5-15-20/h1-6H,(H3,13,16,17,18,19). The van der Waals surface area contributed by atoms with Crippen LogP contribution in [0.2, 0.25) is 0 Å². The zero-order valence-electron chi connectivity index (χ0n) is 10.1. The fourth-order valence-corrected chi connectivity index (χ4v) is 1.87. The van der Waals surface area contributed by atoms with Gasteiger partial charge < -0.3 is 11.1 Å². The van der Waals surface area contributed by atoms with Crippen molar-refractivity contribution in [3.8, 4) is 5.95 Å². The van der Waals surface area contributed by atoms with Gasteiger partial charge in [0, 0.05) is 9.26 Å². The number of rotatable bonds is 3. The predicted octanol–water partition coefficient (Wildman–Crippen LogP) is 1.38. The lowest BCUT2D eigenvalue weighted by Crippen LogP contribution is -2.09. The molecule has 0 fully saturated rings. The number of nitrogen functional groups attached to an aromatic ring is 1. The highest BCUT2D eigenvalue weighted by atomic mass is 127. The van der Waals surface area contributed by atoms with Crippen LogP contribution in [-0.2, 0) is 0 Å². The molecule has 1 aromatic carbocycles. The Hall–Kier alpha value is -2.30. The Balaban J connectivity index is 1.92. The van der Waals surface area contributed by atoms with Gasteiger partial charge in [0.05, 0.1) is 0 Å². The lowest BCUT2D eigenvalue weighted by atomic mass is 10.3. The van der Waals surface area contributed by atoms with E-state index in [2.05, 4.69) is 52.9 Å². The van der Waals surface area contributed by atoms with Gasteiger partial charge in [-0.25, -0.2) is 4.98 Å². The van der Waals surface area contributed by atoms with Crippen molar-refractivity contribution in [2.24, 2.45) is 0 Å². The zero-order chi connectivity index (χ0) is 13.9. The second kappa shape index (κ2) is 5.36. The molecule has 20 heavy (non-hydrogen) atoms. The van der Waals surface area contributed by atoms with Gasteiger partial charge in [0.1, 0.15) is 12.7 Å². The van der Waals surface area contributed by atoms with Gasteiger partial charge >= 0.3 is 0 Å². The molecular weight excluding hydrogens is 371 g/mol. The van der Waals surface area contributed by atoms with Crippen molar-refractivity contribution in [2.45, 2.75) is 0 Å². The molecule has 0 saturated carbocycles. The first kappa shape index (κ1) is 12.7. The van der Waals surface area contributed by atoms with E-state index in [1.54, 1.807) is 0 Å². The van der Waals surface area contributed by atoms with E-state index >= 15 is 0 Å². The maximum absolute atomic E-state index is 5.68. The third-order valence-electron chi connectivity index (χ3n) is 2.36. The topological polar surface area (TPSA) is 107 Å². The van der Waals surface area contributed by atoms with Crippen LogP contribution < -0.4 is 11.1 Å². The SMILES string of the molecule is Nc1nc(Nc2ccc(I)cc2)nc(-n2cncn2)n1. The van der Waals surface area contributed by atoms with Gasteiger partial charge in [-0.05, 0) is 46.9 Å². The van der Waals surface area contributed by atoms with Gasteiger partial charge in [0.25, 0.3) is 5.95 Å². The highest BCUT2D eigenvalue weighted by Gasteiger charge is 2.07. The molecule has 0 aliphatic heterocycles. The normalized spacial score (nSPS) is 10.4. The van der Waals surface area contributed by atoms with Crippen molar-refractivity contribution < 1.29 is 0 Å². The number of anilines is 3. The van der Waals surface area contributed by atoms with Crippen LogP contribution in [0.15, 0.2) is 36.9 Å². The minimum absolute atomic E-state index is 0.110. The van der Waals surface area contributed by atoms with Crippen LogP contribution >= 0.6 is 22.6 Å². The average Bonchev–Trinajstić information content (AvgIpc) is 2.95. The monoisotopic (exact) mass is 380 g/mol. The minimum Gasteiger partial charge on any atom is -0.368 e. The molecule has 8 nitrogen and oxygen atoms in total. The van der Waals surface area contributed by atoms with E-state index in [4.69, 9.17) is 5.73 Å². The smallest absolute Gasteiger partial charge is 0.258 e. The Morgan fingerprint density at radius 1 is 1.10 bits per heavy atom. The summed E-state index contributed by atoms with van der Waals surface area (Å²) in [7, 11) is 0. The van der Waals surface area contributed by atoms with Crippen LogP contribution in [0.3, 0.4) is 0 Å². The Labute approximate surface area is 127 Å². The summed E-state index contributed by atoms with van der Waals surface area (Å²) in [6.07, 6.45) is 2.88. The predicted molar refractivity (Wildman–Crippen MR) is 81.6 cm³/mol. The van der Waals surface area contributed by atoms with Crippen molar-refractivity contribution >= 4 is 40.2 Å². The van der Waals surface area contributed by atoms with Crippen molar-refractivity contribution in [3.05, 3.63) is 40.5 Å². The van der Waals surface area contributed by atoms with Gasteiger partial charge in [0.15, 0.2) is 0 Å². The number of nitrogens with two attached hydrogens (primary N) is 1. The number of halogens is 1. The Morgan fingerprint density at radius 2 is 1.90 bits per heavy atom. The van der Waals surface area contributed by atoms with Gasteiger partial charge in [-0.1, -0.05) is 0 Å². The highest BCUT2D eigenvalue weighted by Crippen LogP contribution is 2.16. The Bertz CT molecular complexity index is 710. The quantitative estimate of drug-likeness (QED) is 0.661. The fraction of sp³-hybridized carbons (Fsp3) is 0. The molecule has 3 N–H and O–H groups in total. The van der Waals surface area contributed by atoms with Gasteiger partial charge in [-0.3, -0.25) is 0 Å². The van der Waals surface area contributed by atoms with Crippen molar-refractivity contribution in [2.75, 3.05) is 11.1 Å². The zero-order valence-corrected chi connectivity index (χ0v) is 12.3. The molecule has 0 saturated heterocycles. The summed E-state index contributed by atoms with van der Waals surface area (Å²) in [5.74, 6) is 0.769. The molecule has 0 bridgehead atoms. The molecule has 0 atom stereocenters. The van der Waals surface area contributed by atoms with Gasteiger partial charge in [0.2, 0.25) is 11.9 Å². The minimum atomic E-state index is 0.110. The summed E-state index contributed by atoms with van der Waals surface area (Å²) in [6.45, 7) is 0. The van der Waals surface area contributed by atoms with E-state index in [0.717, 1.165) is 9.26 Å². The molecule has 2 aromatic heterocycles. The van der Waals surface area contributed by atoms with Crippen LogP contribution in [-0.4, -0.2) is 29.7 Å². The lowest BCUT2D eigenvalue weighted by Gasteiger charge is -2.06. The first-order chi connectivity index (χ1) is 9.70. The number of nitrogens with one attached hydrogen (secondary N) is 1. The van der Waals surface area contributed by atoms with Crippen molar-refractivity contribution in [1.82, 2.24) is 29.7 Å². The summed E-state index contributed by atoms with van der Waals surface area (Å²) in [5.41, 5.74) is 6.54. The molecule has 0 unspecified atom stereocenters. The van der Waals surface area contributed by atoms with Crippen molar-refractivity contribution in [3.63, 3.8) is 0 Å². The van der Waals surface area contributed by atoms with Gasteiger partial charge in [-0.2, -0.15) is 24.7 Å². The average molecular weight is 380 g/mol. The molecule has 0 aliphatic carbocycles. The summed E-state index contributed by atoms with van der Waals surface area (Å²) < 4.78 is 2.56. The lowest BCUT2D eigenvalue weighted by molar-refractivity contribution is 0.800. The maximum Gasteiger partial charge on any atom is 0.258 e. The molecule has 9 heteroatoms. The van der Waals surface area contributed by atoms with Crippen LogP contribution in [0.5, 0.6) is 0 Å². The first-order valence-electron chi connectivity index (χ1n) is 5.60. The second-order valence-corrected chi connectivity index (χ2v) is 5.03. The summed E-state index contributed by atoms with van der Waals surface area (Å²) in [5, 5.41) is 7.02. The van der Waals surface area contributed by atoms with E-state index in [1.165, 1.54) is 17.3 Å². The third kappa shape index (κ3) is 2.82. The fourth-order valence-electron chi connectivity index (χ4n) is 1.51. The Morgan fingerprint density at radius 3 is 2.60 bits per heavy atom. The summed E-state index contributed by atoms with van der Waals surface area (Å²) >= 11 is 2.24. The van der Waals surface area contributed by atoms with E-state index in [0.29, 0.717) is 11.9 Å². The first-order valence-corrected chi connectivity index (χ1v) is 6.68. The maximum atomic E-state index is 5.68. The van der Waals surface area contributed by atoms with Crippen molar-refractivity contribution in [1.29, 1.82) is 0 Å². The van der Waals surface area contributed by atoms with Crippen LogP contribution in [0.25, 0.3) is 5.95 Å². The molecular formula is C11H9IN8.